The fourth-order valence-corrected chi connectivity index (χ4v) is 3.07. The number of nitrogens with one attached hydrogen (secondary N) is 3. The lowest BCUT2D eigenvalue weighted by atomic mass is 10.1. The normalized spacial score (nSPS) is 12.0. The first-order valence-corrected chi connectivity index (χ1v) is 8.86. The van der Waals surface area contributed by atoms with Gasteiger partial charge in [-0.15, -0.1) is 24.0 Å². The third-order valence-electron chi connectivity index (χ3n) is 3.62. The van der Waals surface area contributed by atoms with Gasteiger partial charge in [0.2, 0.25) is 5.91 Å². The van der Waals surface area contributed by atoms with Crippen LogP contribution in [0.5, 0.6) is 0 Å². The van der Waals surface area contributed by atoms with Crippen molar-refractivity contribution < 1.29 is 4.79 Å². The molecule has 3 N–H and O–H groups in total. The number of hydrogen-bond donors (Lipinski definition) is 3. The van der Waals surface area contributed by atoms with Crippen molar-refractivity contribution in [3.63, 3.8) is 0 Å². The summed E-state index contributed by atoms with van der Waals surface area (Å²) in [5, 5.41) is 13.7. The SMILES string of the molecule is CN=C(NCc1cccc(NC(C)=O)c1)NCC(C)c1ccsc1.I. The molecule has 5 nitrogen and oxygen atoms in total. The molecule has 2 aromatic rings. The van der Waals surface area contributed by atoms with Crippen LogP contribution in [-0.4, -0.2) is 25.5 Å². The quantitative estimate of drug-likeness (QED) is 0.341. The van der Waals surface area contributed by atoms with Crippen LogP contribution in [0.15, 0.2) is 46.1 Å². The number of rotatable bonds is 6. The second-order valence-electron chi connectivity index (χ2n) is 5.65. The zero-order valence-corrected chi connectivity index (χ0v) is 17.9. The highest BCUT2D eigenvalue weighted by Crippen LogP contribution is 2.17. The molecule has 0 saturated carbocycles. The van der Waals surface area contributed by atoms with Crippen LogP contribution in [0.3, 0.4) is 0 Å². The summed E-state index contributed by atoms with van der Waals surface area (Å²) < 4.78 is 0. The average Bonchev–Trinajstić information content (AvgIpc) is 3.09. The molecule has 1 amide bonds. The van der Waals surface area contributed by atoms with Crippen LogP contribution in [-0.2, 0) is 11.3 Å². The van der Waals surface area contributed by atoms with Gasteiger partial charge in [0.05, 0.1) is 0 Å². The van der Waals surface area contributed by atoms with Crippen LogP contribution >= 0.6 is 35.3 Å². The van der Waals surface area contributed by atoms with Crippen molar-refractivity contribution in [2.24, 2.45) is 4.99 Å². The Kier molecular flexibility index (Phi) is 9.51. The van der Waals surface area contributed by atoms with E-state index in [0.29, 0.717) is 12.5 Å². The maximum absolute atomic E-state index is 11.1. The maximum atomic E-state index is 11.1. The molecular weight excluding hydrogens is 447 g/mol. The summed E-state index contributed by atoms with van der Waals surface area (Å²) in [7, 11) is 1.76. The first-order valence-electron chi connectivity index (χ1n) is 7.91. The Morgan fingerprint density at radius 2 is 2.08 bits per heavy atom. The fourth-order valence-electron chi connectivity index (χ4n) is 2.29. The van der Waals surface area contributed by atoms with Crippen LogP contribution in [0.4, 0.5) is 5.69 Å². The minimum absolute atomic E-state index is 0. The van der Waals surface area contributed by atoms with E-state index in [1.54, 1.807) is 18.4 Å². The maximum Gasteiger partial charge on any atom is 0.221 e. The van der Waals surface area contributed by atoms with Crippen LogP contribution in [0.25, 0.3) is 0 Å². The first-order chi connectivity index (χ1) is 11.6. The van der Waals surface area contributed by atoms with Gasteiger partial charge < -0.3 is 16.0 Å². The lowest BCUT2D eigenvalue weighted by Gasteiger charge is -2.15. The summed E-state index contributed by atoms with van der Waals surface area (Å²) in [5.41, 5.74) is 3.22. The summed E-state index contributed by atoms with van der Waals surface area (Å²) in [6, 6.07) is 9.92. The standard InChI is InChI=1S/C18H24N4OS.HI/c1-13(16-7-8-24-12-16)10-20-18(19-3)21-11-15-5-4-6-17(9-15)22-14(2)23;/h4-9,12-13H,10-11H2,1-3H3,(H,22,23)(H2,19,20,21);1H. The van der Waals surface area contributed by atoms with Crippen molar-refractivity contribution in [3.05, 3.63) is 52.2 Å². The van der Waals surface area contributed by atoms with Gasteiger partial charge in [-0.1, -0.05) is 19.1 Å². The summed E-state index contributed by atoms with van der Waals surface area (Å²) in [6.07, 6.45) is 0. The third kappa shape index (κ3) is 7.43. The average molecular weight is 472 g/mol. The second kappa shape index (κ2) is 11.1. The predicted octanol–water partition coefficient (Wildman–Crippen LogP) is 3.79. The molecular formula is C18H25IN4OS. The Hall–Kier alpha value is -1.61. The van der Waals surface area contributed by atoms with Crippen LogP contribution in [0.2, 0.25) is 0 Å². The van der Waals surface area contributed by atoms with Gasteiger partial charge in [0.25, 0.3) is 0 Å². The number of benzene rings is 1. The van der Waals surface area contributed by atoms with Crippen LogP contribution < -0.4 is 16.0 Å². The van der Waals surface area contributed by atoms with E-state index < -0.39 is 0 Å². The number of amides is 1. The van der Waals surface area contributed by atoms with E-state index in [2.05, 4.69) is 44.7 Å². The van der Waals surface area contributed by atoms with Crippen LogP contribution in [0.1, 0.15) is 30.9 Å². The Morgan fingerprint density at radius 3 is 2.72 bits per heavy atom. The molecule has 0 aliphatic heterocycles. The molecule has 1 atom stereocenters. The molecule has 136 valence electrons. The molecule has 0 saturated heterocycles. The fraction of sp³-hybridized carbons (Fsp3) is 0.333. The Labute approximate surface area is 170 Å². The minimum Gasteiger partial charge on any atom is -0.356 e. The predicted molar refractivity (Wildman–Crippen MR) is 117 cm³/mol. The molecule has 0 fully saturated rings. The number of guanidine groups is 1. The van der Waals surface area contributed by atoms with E-state index in [-0.39, 0.29) is 29.9 Å². The van der Waals surface area contributed by atoms with Gasteiger partial charge >= 0.3 is 0 Å². The molecule has 1 heterocycles. The van der Waals surface area contributed by atoms with E-state index in [1.807, 2.05) is 24.3 Å². The minimum atomic E-state index is -0.0694. The van der Waals surface area contributed by atoms with Gasteiger partial charge in [-0.2, -0.15) is 11.3 Å². The van der Waals surface area contributed by atoms with Gasteiger partial charge in [-0.25, -0.2) is 0 Å². The molecule has 0 aliphatic rings. The highest BCUT2D eigenvalue weighted by atomic mass is 127. The molecule has 1 aromatic heterocycles. The van der Waals surface area contributed by atoms with E-state index in [9.17, 15) is 4.79 Å². The number of carbonyl (C=O) groups is 1. The number of thiophene rings is 1. The lowest BCUT2D eigenvalue weighted by Crippen LogP contribution is -2.38. The number of nitrogens with zero attached hydrogens (tertiary/aromatic N) is 1. The molecule has 0 spiro atoms. The number of halogens is 1. The van der Waals surface area contributed by atoms with Crippen molar-refractivity contribution in [1.82, 2.24) is 10.6 Å². The van der Waals surface area contributed by atoms with Crippen LogP contribution in [0, 0.1) is 0 Å². The summed E-state index contributed by atoms with van der Waals surface area (Å²) in [6.45, 7) is 5.16. The monoisotopic (exact) mass is 472 g/mol. The molecule has 2 rings (SSSR count). The van der Waals surface area contributed by atoms with Crippen molar-refractivity contribution in [2.45, 2.75) is 26.3 Å². The molecule has 7 heteroatoms. The zero-order chi connectivity index (χ0) is 17.4. The summed E-state index contributed by atoms with van der Waals surface area (Å²) in [5.74, 6) is 1.12. The highest BCUT2D eigenvalue weighted by Gasteiger charge is 2.07. The molecule has 25 heavy (non-hydrogen) atoms. The van der Waals surface area contributed by atoms with E-state index in [0.717, 1.165) is 23.8 Å². The van der Waals surface area contributed by atoms with Gasteiger partial charge in [-0.3, -0.25) is 9.79 Å². The van der Waals surface area contributed by atoms with Gasteiger partial charge in [0.15, 0.2) is 5.96 Å². The second-order valence-corrected chi connectivity index (χ2v) is 6.43. The van der Waals surface area contributed by atoms with E-state index in [4.69, 9.17) is 0 Å². The smallest absolute Gasteiger partial charge is 0.221 e. The number of aliphatic imine (C=N–C) groups is 1. The Morgan fingerprint density at radius 1 is 1.28 bits per heavy atom. The summed E-state index contributed by atoms with van der Waals surface area (Å²) in [4.78, 5) is 15.4. The van der Waals surface area contributed by atoms with Gasteiger partial charge in [0, 0.05) is 32.7 Å². The topological polar surface area (TPSA) is 65.5 Å². The van der Waals surface area contributed by atoms with Gasteiger partial charge in [-0.05, 0) is 46.0 Å². The summed E-state index contributed by atoms with van der Waals surface area (Å²) >= 11 is 1.72. The molecule has 1 aromatic carbocycles. The molecule has 0 bridgehead atoms. The highest BCUT2D eigenvalue weighted by molar-refractivity contribution is 14.0. The van der Waals surface area contributed by atoms with E-state index in [1.165, 1.54) is 12.5 Å². The molecule has 0 aliphatic carbocycles. The first kappa shape index (κ1) is 21.4. The van der Waals surface area contributed by atoms with Gasteiger partial charge in [0.1, 0.15) is 0 Å². The van der Waals surface area contributed by atoms with Crippen molar-refractivity contribution in [2.75, 3.05) is 18.9 Å². The Balaban J connectivity index is 0.00000312. The number of carbonyl (C=O) groups excluding carboxylic acids is 1. The number of anilines is 1. The zero-order valence-electron chi connectivity index (χ0n) is 14.7. The lowest BCUT2D eigenvalue weighted by molar-refractivity contribution is -0.114. The molecule has 0 radical (unpaired) electrons. The number of hydrogen-bond acceptors (Lipinski definition) is 3. The van der Waals surface area contributed by atoms with Crippen molar-refractivity contribution in [3.8, 4) is 0 Å². The Bertz CT molecular complexity index is 688. The molecule has 1 unspecified atom stereocenters. The third-order valence-corrected chi connectivity index (χ3v) is 4.32. The van der Waals surface area contributed by atoms with Crippen molar-refractivity contribution >= 4 is 52.9 Å². The largest absolute Gasteiger partial charge is 0.356 e. The van der Waals surface area contributed by atoms with Crippen molar-refractivity contribution in [1.29, 1.82) is 0 Å². The van der Waals surface area contributed by atoms with E-state index >= 15 is 0 Å².